The van der Waals surface area contributed by atoms with Gasteiger partial charge in [0.25, 0.3) is 0 Å². The summed E-state index contributed by atoms with van der Waals surface area (Å²) in [6.07, 6.45) is 4.38. The average molecular weight is 448 g/mol. The first-order valence-electron chi connectivity index (χ1n) is 10.9. The number of nitrogens with zero attached hydrogens (tertiary/aromatic N) is 3. The van der Waals surface area contributed by atoms with Gasteiger partial charge in [-0.1, -0.05) is 42.3 Å². The SMILES string of the molecule is COc1cccc(-c2nc(C3CCCN(SCc4ccc(F)cc4)C3)n3ccccc23)c1. The Bertz CT molecular complexity index is 1210. The van der Waals surface area contributed by atoms with Crippen molar-refractivity contribution in [2.75, 3.05) is 20.2 Å². The zero-order valence-electron chi connectivity index (χ0n) is 18.1. The van der Waals surface area contributed by atoms with E-state index in [2.05, 4.69) is 39.2 Å². The molecule has 0 N–H and O–H groups in total. The number of hydrogen-bond donors (Lipinski definition) is 0. The molecule has 0 amide bonds. The van der Waals surface area contributed by atoms with Gasteiger partial charge < -0.3 is 9.14 Å². The van der Waals surface area contributed by atoms with Gasteiger partial charge in [0.15, 0.2) is 0 Å². The minimum Gasteiger partial charge on any atom is -0.497 e. The molecule has 0 spiro atoms. The summed E-state index contributed by atoms with van der Waals surface area (Å²) < 4.78 is 23.3. The molecular formula is C26H26FN3OS. The second-order valence-corrected chi connectivity index (χ2v) is 9.20. The lowest BCUT2D eigenvalue weighted by Gasteiger charge is -2.31. The second-order valence-electron chi connectivity index (χ2n) is 8.13. The Hall–Kier alpha value is -2.83. The molecule has 0 radical (unpaired) electrons. The lowest BCUT2D eigenvalue weighted by atomic mass is 9.99. The average Bonchev–Trinajstić information content (AvgIpc) is 3.24. The third-order valence-electron chi connectivity index (χ3n) is 6.00. The number of halogens is 1. The number of piperidine rings is 1. The van der Waals surface area contributed by atoms with Crippen LogP contribution in [0.2, 0.25) is 0 Å². The van der Waals surface area contributed by atoms with Crippen LogP contribution in [0.3, 0.4) is 0 Å². The van der Waals surface area contributed by atoms with Gasteiger partial charge in [-0.25, -0.2) is 13.7 Å². The van der Waals surface area contributed by atoms with E-state index in [1.807, 2.05) is 42.3 Å². The highest BCUT2D eigenvalue weighted by Crippen LogP contribution is 2.35. The Kier molecular flexibility index (Phi) is 6.14. The molecule has 2 aromatic carbocycles. The van der Waals surface area contributed by atoms with E-state index in [-0.39, 0.29) is 5.82 Å². The zero-order chi connectivity index (χ0) is 21.9. The van der Waals surface area contributed by atoms with Crippen molar-refractivity contribution in [2.45, 2.75) is 24.5 Å². The van der Waals surface area contributed by atoms with Crippen molar-refractivity contribution in [1.82, 2.24) is 13.7 Å². The topological polar surface area (TPSA) is 29.8 Å². The van der Waals surface area contributed by atoms with Crippen LogP contribution in [0.15, 0.2) is 72.9 Å². The lowest BCUT2D eigenvalue weighted by molar-refractivity contribution is 0.333. The number of hydrogen-bond acceptors (Lipinski definition) is 4. The van der Waals surface area contributed by atoms with Crippen LogP contribution in [-0.2, 0) is 5.75 Å². The summed E-state index contributed by atoms with van der Waals surface area (Å²) in [4.78, 5) is 5.15. The van der Waals surface area contributed by atoms with Crippen LogP contribution >= 0.6 is 11.9 Å². The second kappa shape index (κ2) is 9.35. The molecule has 32 heavy (non-hydrogen) atoms. The first-order valence-corrected chi connectivity index (χ1v) is 11.9. The summed E-state index contributed by atoms with van der Waals surface area (Å²) in [5.41, 5.74) is 4.32. The first kappa shape index (κ1) is 21.0. The molecule has 1 fully saturated rings. The molecule has 1 aliphatic rings. The Morgan fingerprint density at radius 2 is 1.97 bits per heavy atom. The van der Waals surface area contributed by atoms with Crippen molar-refractivity contribution in [3.63, 3.8) is 0 Å². The molecule has 3 heterocycles. The molecule has 5 rings (SSSR count). The molecule has 2 aromatic heterocycles. The van der Waals surface area contributed by atoms with Gasteiger partial charge in [-0.3, -0.25) is 0 Å². The summed E-state index contributed by atoms with van der Waals surface area (Å²) >= 11 is 1.83. The molecule has 164 valence electrons. The van der Waals surface area contributed by atoms with E-state index >= 15 is 0 Å². The van der Waals surface area contributed by atoms with Gasteiger partial charge in [0, 0.05) is 36.5 Å². The van der Waals surface area contributed by atoms with Crippen molar-refractivity contribution in [3.8, 4) is 17.0 Å². The Morgan fingerprint density at radius 1 is 1.09 bits per heavy atom. The van der Waals surface area contributed by atoms with Crippen LogP contribution in [-0.4, -0.2) is 33.9 Å². The van der Waals surface area contributed by atoms with Gasteiger partial charge in [-0.2, -0.15) is 0 Å². The fraction of sp³-hybridized carbons (Fsp3) is 0.269. The maximum Gasteiger partial charge on any atom is 0.123 e. The summed E-state index contributed by atoms with van der Waals surface area (Å²) in [5.74, 6) is 2.98. The highest BCUT2D eigenvalue weighted by Gasteiger charge is 2.26. The number of aromatic nitrogens is 2. The Morgan fingerprint density at radius 3 is 2.81 bits per heavy atom. The molecule has 1 unspecified atom stereocenters. The van der Waals surface area contributed by atoms with Crippen LogP contribution in [0, 0.1) is 5.82 Å². The fourth-order valence-electron chi connectivity index (χ4n) is 4.35. The summed E-state index contributed by atoms with van der Waals surface area (Å²) in [6.45, 7) is 2.02. The van der Waals surface area contributed by atoms with Gasteiger partial charge in [0.2, 0.25) is 0 Å². The molecule has 1 aliphatic heterocycles. The zero-order valence-corrected chi connectivity index (χ0v) is 18.9. The van der Waals surface area contributed by atoms with Crippen molar-refractivity contribution in [3.05, 3.63) is 90.1 Å². The van der Waals surface area contributed by atoms with E-state index in [4.69, 9.17) is 9.72 Å². The van der Waals surface area contributed by atoms with Crippen LogP contribution in [0.1, 0.15) is 30.1 Å². The van der Waals surface area contributed by atoms with E-state index < -0.39 is 0 Å². The standard InChI is InChI=1S/C26H26FN3OS/c1-31-23-8-4-6-20(16-23)25-24-9-2-3-15-30(24)26(28-25)21-7-5-14-29(17-21)32-18-19-10-12-22(27)13-11-19/h2-4,6,8-13,15-16,21H,5,7,14,17-18H2,1H3. The maximum absolute atomic E-state index is 13.2. The molecule has 1 saturated heterocycles. The molecule has 0 aliphatic carbocycles. The van der Waals surface area contributed by atoms with Crippen molar-refractivity contribution in [1.29, 1.82) is 0 Å². The predicted octanol–water partition coefficient (Wildman–Crippen LogP) is 6.18. The van der Waals surface area contributed by atoms with Gasteiger partial charge in [-0.05, 0) is 54.8 Å². The molecule has 1 atom stereocenters. The summed E-state index contributed by atoms with van der Waals surface area (Å²) in [7, 11) is 1.69. The third-order valence-corrected chi connectivity index (χ3v) is 7.15. The number of benzene rings is 2. The fourth-order valence-corrected chi connectivity index (χ4v) is 5.42. The van der Waals surface area contributed by atoms with Gasteiger partial charge in [-0.15, -0.1) is 0 Å². The van der Waals surface area contributed by atoms with Crippen LogP contribution in [0.5, 0.6) is 5.75 Å². The summed E-state index contributed by atoms with van der Waals surface area (Å²) in [6, 6.07) is 21.2. The monoisotopic (exact) mass is 447 g/mol. The molecule has 0 bridgehead atoms. The van der Waals surface area contributed by atoms with E-state index in [0.29, 0.717) is 5.92 Å². The lowest BCUT2D eigenvalue weighted by Crippen LogP contribution is -2.30. The Balaban J connectivity index is 1.39. The molecular weight excluding hydrogens is 421 g/mol. The number of ether oxygens (including phenoxy) is 1. The van der Waals surface area contributed by atoms with E-state index in [9.17, 15) is 4.39 Å². The summed E-state index contributed by atoms with van der Waals surface area (Å²) in [5, 5.41) is 0. The minimum absolute atomic E-state index is 0.185. The van der Waals surface area contributed by atoms with E-state index in [1.165, 1.54) is 12.1 Å². The number of methoxy groups -OCH3 is 1. The molecule has 4 aromatic rings. The van der Waals surface area contributed by atoms with Crippen LogP contribution < -0.4 is 4.74 Å². The van der Waals surface area contributed by atoms with Gasteiger partial charge >= 0.3 is 0 Å². The van der Waals surface area contributed by atoms with Gasteiger partial charge in [0.1, 0.15) is 17.4 Å². The number of rotatable bonds is 6. The van der Waals surface area contributed by atoms with E-state index in [0.717, 1.165) is 65.6 Å². The third kappa shape index (κ3) is 4.38. The largest absolute Gasteiger partial charge is 0.497 e. The number of fused-ring (bicyclic) bond motifs is 1. The molecule has 6 heteroatoms. The van der Waals surface area contributed by atoms with Crippen molar-refractivity contribution in [2.24, 2.45) is 0 Å². The normalized spacial score (nSPS) is 17.0. The minimum atomic E-state index is -0.185. The number of pyridine rings is 1. The maximum atomic E-state index is 13.2. The van der Waals surface area contributed by atoms with Crippen molar-refractivity contribution >= 4 is 17.5 Å². The Labute approximate surface area is 192 Å². The van der Waals surface area contributed by atoms with E-state index in [1.54, 1.807) is 7.11 Å². The van der Waals surface area contributed by atoms with Gasteiger partial charge in [0.05, 0.1) is 18.3 Å². The highest BCUT2D eigenvalue weighted by atomic mass is 32.2. The van der Waals surface area contributed by atoms with Crippen LogP contribution in [0.25, 0.3) is 16.8 Å². The highest BCUT2D eigenvalue weighted by molar-refractivity contribution is 7.96. The molecule has 0 saturated carbocycles. The van der Waals surface area contributed by atoms with Crippen molar-refractivity contribution < 1.29 is 9.13 Å². The smallest absolute Gasteiger partial charge is 0.123 e. The molecule has 4 nitrogen and oxygen atoms in total. The number of imidazole rings is 1. The predicted molar refractivity (Wildman–Crippen MR) is 128 cm³/mol. The first-order chi connectivity index (χ1) is 15.7. The van der Waals surface area contributed by atoms with Crippen LogP contribution in [0.4, 0.5) is 4.39 Å². The quantitative estimate of drug-likeness (QED) is 0.330.